The van der Waals surface area contributed by atoms with Gasteiger partial charge in [0.15, 0.2) is 0 Å². The molecule has 72 valence electrons. The molecule has 5 heteroatoms. The van der Waals surface area contributed by atoms with Gasteiger partial charge in [-0.2, -0.15) is 15.4 Å². The van der Waals surface area contributed by atoms with Crippen LogP contribution in [0.1, 0.15) is 17.4 Å². The van der Waals surface area contributed by atoms with Gasteiger partial charge in [-0.3, -0.25) is 0 Å². The van der Waals surface area contributed by atoms with Gasteiger partial charge in [0, 0.05) is 5.02 Å². The van der Waals surface area contributed by atoms with Crippen LogP contribution in [0.25, 0.3) is 0 Å². The molecule has 0 amide bonds. The molecule has 0 spiro atoms. The fraction of sp³-hybridized carbons (Fsp3) is 0.111. The van der Waals surface area contributed by atoms with Crippen molar-refractivity contribution in [2.24, 2.45) is 0 Å². The third-order valence-electron chi connectivity index (χ3n) is 1.90. The highest BCUT2D eigenvalue weighted by atomic mass is 35.5. The molecule has 0 saturated carbocycles. The molecule has 0 saturated heterocycles. The van der Waals surface area contributed by atoms with Gasteiger partial charge in [-0.05, 0) is 17.7 Å². The molecule has 2 N–H and O–H groups in total. The van der Waals surface area contributed by atoms with Crippen LogP contribution in [0.3, 0.4) is 0 Å². The zero-order chi connectivity index (χ0) is 9.97. The van der Waals surface area contributed by atoms with Crippen LogP contribution in [-0.2, 0) is 0 Å². The smallest absolute Gasteiger partial charge is 0.124 e. The minimum atomic E-state index is -0.758. The maximum Gasteiger partial charge on any atom is 0.124 e. The normalized spacial score (nSPS) is 12.7. The molecule has 0 radical (unpaired) electrons. The third-order valence-corrected chi connectivity index (χ3v) is 2.15. The van der Waals surface area contributed by atoms with E-state index in [1.54, 1.807) is 24.3 Å². The standard InChI is InChI=1S/C9H8ClN3O/c10-7-3-1-6(2-4-7)9(14)8-5-11-13-12-8/h1-5,9,14H,(H,11,12,13)/t9-/m0/s1. The number of nitrogens with zero attached hydrogens (tertiary/aromatic N) is 2. The van der Waals surface area contributed by atoms with E-state index < -0.39 is 6.10 Å². The fourth-order valence-corrected chi connectivity index (χ4v) is 1.28. The van der Waals surface area contributed by atoms with Crippen molar-refractivity contribution < 1.29 is 5.11 Å². The average Bonchev–Trinajstić information content (AvgIpc) is 2.71. The minimum Gasteiger partial charge on any atom is -0.382 e. The topological polar surface area (TPSA) is 61.8 Å². The number of hydrogen-bond acceptors (Lipinski definition) is 3. The van der Waals surface area contributed by atoms with Crippen molar-refractivity contribution in [3.05, 3.63) is 46.7 Å². The van der Waals surface area contributed by atoms with Crippen molar-refractivity contribution in [2.45, 2.75) is 6.10 Å². The second-order valence-corrected chi connectivity index (χ2v) is 3.29. The van der Waals surface area contributed by atoms with Gasteiger partial charge in [0.2, 0.25) is 0 Å². The summed E-state index contributed by atoms with van der Waals surface area (Å²) in [6, 6.07) is 6.95. The number of H-pyrrole nitrogens is 1. The van der Waals surface area contributed by atoms with Gasteiger partial charge in [0.1, 0.15) is 11.8 Å². The molecule has 4 nitrogen and oxygen atoms in total. The predicted octanol–water partition coefficient (Wildman–Crippen LogP) is 1.54. The number of aliphatic hydroxyl groups is 1. The van der Waals surface area contributed by atoms with Gasteiger partial charge >= 0.3 is 0 Å². The number of rotatable bonds is 2. The molecule has 2 rings (SSSR count). The van der Waals surface area contributed by atoms with E-state index >= 15 is 0 Å². The van der Waals surface area contributed by atoms with Crippen LogP contribution in [0.4, 0.5) is 0 Å². The molecule has 0 aliphatic carbocycles. The molecule has 0 bridgehead atoms. The summed E-state index contributed by atoms with van der Waals surface area (Å²) in [4.78, 5) is 0. The lowest BCUT2D eigenvalue weighted by Gasteiger charge is -2.06. The molecule has 1 atom stereocenters. The average molecular weight is 210 g/mol. The Morgan fingerprint density at radius 1 is 1.29 bits per heavy atom. The predicted molar refractivity (Wildman–Crippen MR) is 51.9 cm³/mol. The van der Waals surface area contributed by atoms with E-state index in [1.807, 2.05) is 0 Å². The quantitative estimate of drug-likeness (QED) is 0.789. The Bertz CT molecular complexity index is 399. The van der Waals surface area contributed by atoms with Crippen molar-refractivity contribution in [1.29, 1.82) is 0 Å². The largest absolute Gasteiger partial charge is 0.382 e. The molecule has 1 aromatic heterocycles. The van der Waals surface area contributed by atoms with Gasteiger partial charge in [0.05, 0.1) is 6.20 Å². The Morgan fingerprint density at radius 3 is 2.57 bits per heavy atom. The Balaban J connectivity index is 2.28. The number of hydrogen-bond donors (Lipinski definition) is 2. The summed E-state index contributed by atoms with van der Waals surface area (Å²) in [7, 11) is 0. The highest BCUT2D eigenvalue weighted by Gasteiger charge is 2.12. The molecule has 14 heavy (non-hydrogen) atoms. The molecular weight excluding hydrogens is 202 g/mol. The Hall–Kier alpha value is -1.39. The number of aromatic amines is 1. The molecule has 0 aliphatic rings. The highest BCUT2D eigenvalue weighted by Crippen LogP contribution is 2.20. The van der Waals surface area contributed by atoms with Crippen molar-refractivity contribution in [3.8, 4) is 0 Å². The van der Waals surface area contributed by atoms with Crippen LogP contribution in [0.2, 0.25) is 5.02 Å². The first-order valence-electron chi connectivity index (χ1n) is 4.06. The van der Waals surface area contributed by atoms with E-state index in [2.05, 4.69) is 15.4 Å². The van der Waals surface area contributed by atoms with E-state index in [-0.39, 0.29) is 0 Å². The highest BCUT2D eigenvalue weighted by molar-refractivity contribution is 6.30. The monoisotopic (exact) mass is 209 g/mol. The van der Waals surface area contributed by atoms with E-state index in [4.69, 9.17) is 11.6 Å². The van der Waals surface area contributed by atoms with Gasteiger partial charge in [-0.25, -0.2) is 0 Å². The summed E-state index contributed by atoms with van der Waals surface area (Å²) in [5.74, 6) is 0. The van der Waals surface area contributed by atoms with Crippen molar-refractivity contribution in [1.82, 2.24) is 15.4 Å². The van der Waals surface area contributed by atoms with E-state index in [9.17, 15) is 5.11 Å². The lowest BCUT2D eigenvalue weighted by Crippen LogP contribution is -1.99. The lowest BCUT2D eigenvalue weighted by molar-refractivity contribution is 0.215. The summed E-state index contributed by atoms with van der Waals surface area (Å²) in [5, 5.41) is 20.3. The minimum absolute atomic E-state index is 0.493. The summed E-state index contributed by atoms with van der Waals surface area (Å²) >= 11 is 5.73. The number of halogens is 1. The molecule has 0 unspecified atom stereocenters. The second kappa shape index (κ2) is 3.77. The van der Waals surface area contributed by atoms with Crippen LogP contribution in [-0.4, -0.2) is 20.5 Å². The fourth-order valence-electron chi connectivity index (χ4n) is 1.16. The zero-order valence-corrected chi connectivity index (χ0v) is 7.94. The van der Waals surface area contributed by atoms with Crippen molar-refractivity contribution >= 4 is 11.6 Å². The molecule has 0 aliphatic heterocycles. The summed E-state index contributed by atoms with van der Waals surface area (Å²) in [5.41, 5.74) is 1.23. The van der Waals surface area contributed by atoms with Crippen LogP contribution in [0.5, 0.6) is 0 Å². The SMILES string of the molecule is O[C@@H](c1ccc(Cl)cc1)c1cn[nH]n1. The van der Waals surface area contributed by atoms with Gasteiger partial charge in [-0.15, -0.1) is 0 Å². The molecule has 0 fully saturated rings. The first-order valence-corrected chi connectivity index (χ1v) is 4.44. The maximum atomic E-state index is 9.81. The van der Waals surface area contributed by atoms with Gasteiger partial charge in [-0.1, -0.05) is 23.7 Å². The maximum absolute atomic E-state index is 9.81. The van der Waals surface area contributed by atoms with Gasteiger partial charge < -0.3 is 5.11 Å². The van der Waals surface area contributed by atoms with Crippen LogP contribution < -0.4 is 0 Å². The van der Waals surface area contributed by atoms with E-state index in [0.29, 0.717) is 10.7 Å². The van der Waals surface area contributed by atoms with Crippen LogP contribution in [0, 0.1) is 0 Å². The van der Waals surface area contributed by atoms with E-state index in [0.717, 1.165) is 5.56 Å². The van der Waals surface area contributed by atoms with Crippen molar-refractivity contribution in [3.63, 3.8) is 0 Å². The van der Waals surface area contributed by atoms with Crippen LogP contribution in [0.15, 0.2) is 30.5 Å². The molecule has 1 heterocycles. The number of benzene rings is 1. The second-order valence-electron chi connectivity index (χ2n) is 2.85. The summed E-state index contributed by atoms with van der Waals surface area (Å²) < 4.78 is 0. The zero-order valence-electron chi connectivity index (χ0n) is 7.18. The van der Waals surface area contributed by atoms with Crippen molar-refractivity contribution in [2.75, 3.05) is 0 Å². The molecule has 1 aromatic carbocycles. The summed E-state index contributed by atoms with van der Waals surface area (Å²) in [6.07, 6.45) is 0.727. The Morgan fingerprint density at radius 2 is 2.00 bits per heavy atom. The number of aromatic nitrogens is 3. The Kier molecular flexibility index (Phi) is 2.47. The molecular formula is C9H8ClN3O. The van der Waals surface area contributed by atoms with E-state index in [1.165, 1.54) is 6.20 Å². The first kappa shape index (κ1) is 9.18. The van der Waals surface area contributed by atoms with Crippen LogP contribution >= 0.6 is 11.6 Å². The Labute approximate surface area is 85.5 Å². The number of aliphatic hydroxyl groups excluding tert-OH is 1. The third kappa shape index (κ3) is 1.76. The lowest BCUT2D eigenvalue weighted by atomic mass is 10.1. The molecule has 2 aromatic rings. The number of nitrogens with one attached hydrogen (secondary N) is 1. The first-order chi connectivity index (χ1) is 6.77. The summed E-state index contributed by atoms with van der Waals surface area (Å²) in [6.45, 7) is 0. The van der Waals surface area contributed by atoms with Gasteiger partial charge in [0.25, 0.3) is 0 Å².